The minimum atomic E-state index is -1.01. The fourth-order valence-electron chi connectivity index (χ4n) is 1.00. The van der Waals surface area contributed by atoms with Gasteiger partial charge < -0.3 is 15.5 Å². The van der Waals surface area contributed by atoms with Crippen molar-refractivity contribution in [1.29, 1.82) is 0 Å². The first-order valence-electron chi connectivity index (χ1n) is 4.28. The molecule has 5 heteroatoms. The summed E-state index contributed by atoms with van der Waals surface area (Å²) in [6.07, 6.45) is 2.09. The summed E-state index contributed by atoms with van der Waals surface area (Å²) < 4.78 is 0. The molecule has 0 radical (unpaired) electrons. The predicted molar refractivity (Wildman–Crippen MR) is 51.4 cm³/mol. The second-order valence-electron chi connectivity index (χ2n) is 2.71. The van der Waals surface area contributed by atoms with Crippen LogP contribution in [0.4, 0.5) is 5.82 Å². The maximum atomic E-state index is 10.7. The summed E-state index contributed by atoms with van der Waals surface area (Å²) in [7, 11) is 0. The molecule has 0 saturated carbocycles. The lowest BCUT2D eigenvalue weighted by Gasteiger charge is -2.06. The Kier molecular flexibility index (Phi) is 3.87. The summed E-state index contributed by atoms with van der Waals surface area (Å²) in [5, 5.41) is 20.2. The van der Waals surface area contributed by atoms with Gasteiger partial charge in [-0.2, -0.15) is 0 Å². The molecule has 1 aromatic heterocycles. The van der Waals surface area contributed by atoms with Gasteiger partial charge in [0.15, 0.2) is 0 Å². The van der Waals surface area contributed by atoms with Crippen molar-refractivity contribution in [3.05, 3.63) is 23.9 Å². The summed E-state index contributed by atoms with van der Waals surface area (Å²) in [4.78, 5) is 14.6. The number of nitrogens with one attached hydrogen (secondary N) is 1. The second kappa shape index (κ2) is 5.18. The van der Waals surface area contributed by atoms with E-state index in [4.69, 9.17) is 10.2 Å². The highest BCUT2D eigenvalue weighted by Gasteiger charge is 2.08. The van der Waals surface area contributed by atoms with Gasteiger partial charge in [-0.05, 0) is 18.6 Å². The van der Waals surface area contributed by atoms with Crippen molar-refractivity contribution in [2.45, 2.75) is 6.42 Å². The predicted octanol–water partition coefficient (Wildman–Crippen LogP) is 0.574. The Labute approximate surface area is 81.4 Å². The minimum Gasteiger partial charge on any atom is -0.478 e. The lowest BCUT2D eigenvalue weighted by Crippen LogP contribution is -2.10. The van der Waals surface area contributed by atoms with Crippen molar-refractivity contribution in [1.82, 2.24) is 4.98 Å². The molecule has 0 aliphatic rings. The minimum absolute atomic E-state index is 0.0717. The van der Waals surface area contributed by atoms with Crippen LogP contribution < -0.4 is 5.32 Å². The molecule has 1 rings (SSSR count). The molecule has 0 unspecified atom stereocenters. The SMILES string of the molecule is O=C(O)c1cccnc1NCCCO. The number of nitrogens with zero attached hydrogens (tertiary/aromatic N) is 1. The fraction of sp³-hybridized carbons (Fsp3) is 0.333. The van der Waals surface area contributed by atoms with Crippen molar-refractivity contribution >= 4 is 11.8 Å². The molecule has 1 heterocycles. The summed E-state index contributed by atoms with van der Waals surface area (Å²) >= 11 is 0. The molecule has 0 aliphatic carbocycles. The number of aliphatic hydroxyl groups is 1. The third-order valence-corrected chi connectivity index (χ3v) is 1.67. The largest absolute Gasteiger partial charge is 0.478 e. The van der Waals surface area contributed by atoms with Gasteiger partial charge in [-0.25, -0.2) is 9.78 Å². The second-order valence-corrected chi connectivity index (χ2v) is 2.71. The number of aromatic nitrogens is 1. The Morgan fingerprint density at radius 3 is 3.00 bits per heavy atom. The van der Waals surface area contributed by atoms with Crippen LogP contribution in [0.1, 0.15) is 16.8 Å². The van der Waals surface area contributed by atoms with Crippen LogP contribution in [0.3, 0.4) is 0 Å². The molecule has 0 amide bonds. The number of carbonyl (C=O) groups is 1. The number of hydrogen-bond donors (Lipinski definition) is 3. The number of pyridine rings is 1. The molecule has 76 valence electrons. The third-order valence-electron chi connectivity index (χ3n) is 1.67. The molecule has 1 aromatic rings. The van der Waals surface area contributed by atoms with Gasteiger partial charge in [0.2, 0.25) is 0 Å². The Hall–Kier alpha value is -1.62. The molecule has 0 aromatic carbocycles. The number of aromatic carboxylic acids is 1. The number of hydrogen-bond acceptors (Lipinski definition) is 4. The van der Waals surface area contributed by atoms with Crippen molar-refractivity contribution < 1.29 is 15.0 Å². The molecule has 0 spiro atoms. The van der Waals surface area contributed by atoms with E-state index in [2.05, 4.69) is 10.3 Å². The zero-order valence-corrected chi connectivity index (χ0v) is 7.60. The molecule has 0 saturated heterocycles. The van der Waals surface area contributed by atoms with E-state index in [0.29, 0.717) is 18.8 Å². The molecular weight excluding hydrogens is 184 g/mol. The fourth-order valence-corrected chi connectivity index (χ4v) is 1.00. The molecule has 3 N–H and O–H groups in total. The van der Waals surface area contributed by atoms with Gasteiger partial charge in [-0.3, -0.25) is 0 Å². The van der Waals surface area contributed by atoms with Gasteiger partial charge in [0.1, 0.15) is 11.4 Å². The quantitative estimate of drug-likeness (QED) is 0.600. The molecule has 5 nitrogen and oxygen atoms in total. The first kappa shape index (κ1) is 10.5. The molecule has 0 fully saturated rings. The number of carboxylic acids is 1. The summed E-state index contributed by atoms with van der Waals surface area (Å²) in [5.41, 5.74) is 0.144. The Morgan fingerprint density at radius 1 is 1.57 bits per heavy atom. The van der Waals surface area contributed by atoms with Gasteiger partial charge >= 0.3 is 5.97 Å². The van der Waals surface area contributed by atoms with Crippen LogP contribution in [0.2, 0.25) is 0 Å². The van der Waals surface area contributed by atoms with E-state index in [1.54, 1.807) is 6.07 Å². The summed E-state index contributed by atoms with van der Waals surface area (Å²) in [6, 6.07) is 3.05. The normalized spacial score (nSPS) is 9.79. The van der Waals surface area contributed by atoms with E-state index >= 15 is 0 Å². The highest BCUT2D eigenvalue weighted by Crippen LogP contribution is 2.10. The Morgan fingerprint density at radius 2 is 2.36 bits per heavy atom. The van der Waals surface area contributed by atoms with Gasteiger partial charge in [0.25, 0.3) is 0 Å². The zero-order valence-electron chi connectivity index (χ0n) is 7.60. The molecule has 0 aliphatic heterocycles. The van der Waals surface area contributed by atoms with Gasteiger partial charge in [-0.15, -0.1) is 0 Å². The lowest BCUT2D eigenvalue weighted by molar-refractivity contribution is 0.0697. The molecular formula is C9H12N2O3. The Balaban J connectivity index is 2.69. The van der Waals surface area contributed by atoms with Crippen LogP contribution in [-0.4, -0.2) is 34.3 Å². The van der Waals surface area contributed by atoms with Crippen LogP contribution >= 0.6 is 0 Å². The van der Waals surface area contributed by atoms with Crippen molar-refractivity contribution in [3.63, 3.8) is 0 Å². The standard InChI is InChI=1S/C9H12N2O3/c12-6-2-5-11-8-7(9(13)14)3-1-4-10-8/h1,3-4,12H,2,5-6H2,(H,10,11)(H,13,14). The van der Waals surface area contributed by atoms with Gasteiger partial charge in [0, 0.05) is 19.3 Å². The smallest absolute Gasteiger partial charge is 0.339 e. The van der Waals surface area contributed by atoms with E-state index in [9.17, 15) is 4.79 Å². The number of aliphatic hydroxyl groups excluding tert-OH is 1. The van der Waals surface area contributed by atoms with Crippen molar-refractivity contribution in [2.24, 2.45) is 0 Å². The maximum Gasteiger partial charge on any atom is 0.339 e. The van der Waals surface area contributed by atoms with Gasteiger partial charge in [-0.1, -0.05) is 0 Å². The number of carboxylic acid groups (broad SMARTS) is 1. The van der Waals surface area contributed by atoms with Gasteiger partial charge in [0.05, 0.1) is 0 Å². The molecule has 0 bridgehead atoms. The van der Waals surface area contributed by atoms with E-state index in [-0.39, 0.29) is 12.2 Å². The van der Waals surface area contributed by atoms with Crippen molar-refractivity contribution in [3.8, 4) is 0 Å². The van der Waals surface area contributed by atoms with Crippen LogP contribution in [0.5, 0.6) is 0 Å². The van der Waals surface area contributed by atoms with Crippen LogP contribution in [0, 0.1) is 0 Å². The maximum absolute atomic E-state index is 10.7. The van der Waals surface area contributed by atoms with Crippen LogP contribution in [0.15, 0.2) is 18.3 Å². The van der Waals surface area contributed by atoms with E-state index in [1.807, 2.05) is 0 Å². The highest BCUT2D eigenvalue weighted by atomic mass is 16.4. The molecule has 0 atom stereocenters. The monoisotopic (exact) mass is 196 g/mol. The first-order valence-corrected chi connectivity index (χ1v) is 4.28. The highest BCUT2D eigenvalue weighted by molar-refractivity contribution is 5.92. The van der Waals surface area contributed by atoms with Crippen LogP contribution in [-0.2, 0) is 0 Å². The average molecular weight is 196 g/mol. The van der Waals surface area contributed by atoms with E-state index < -0.39 is 5.97 Å². The zero-order chi connectivity index (χ0) is 10.4. The number of anilines is 1. The topological polar surface area (TPSA) is 82.5 Å². The van der Waals surface area contributed by atoms with Crippen LogP contribution in [0.25, 0.3) is 0 Å². The lowest BCUT2D eigenvalue weighted by atomic mass is 10.2. The van der Waals surface area contributed by atoms with E-state index in [0.717, 1.165) is 0 Å². The summed E-state index contributed by atoms with van der Waals surface area (Å²) in [6.45, 7) is 0.579. The van der Waals surface area contributed by atoms with E-state index in [1.165, 1.54) is 12.3 Å². The van der Waals surface area contributed by atoms with Crippen molar-refractivity contribution in [2.75, 3.05) is 18.5 Å². The Bertz CT molecular complexity index is 315. The first-order chi connectivity index (χ1) is 6.75. The summed E-state index contributed by atoms with van der Waals surface area (Å²) in [5.74, 6) is -0.668. The average Bonchev–Trinajstić information content (AvgIpc) is 2.19. The third kappa shape index (κ3) is 2.70. The molecule has 14 heavy (non-hydrogen) atoms. The number of rotatable bonds is 5.